The Balaban J connectivity index is 1.27. The lowest BCUT2D eigenvalue weighted by molar-refractivity contribution is -0.139. The van der Waals surface area contributed by atoms with Crippen LogP contribution < -0.4 is 4.74 Å². The molecule has 0 atom stereocenters. The summed E-state index contributed by atoms with van der Waals surface area (Å²) < 4.78 is 36.8. The summed E-state index contributed by atoms with van der Waals surface area (Å²) in [6, 6.07) is 8.86. The zero-order chi connectivity index (χ0) is 21.1. The molecule has 1 aromatic heterocycles. The van der Waals surface area contributed by atoms with Crippen LogP contribution in [0.4, 0.5) is 0 Å². The van der Waals surface area contributed by atoms with Crippen LogP contribution >= 0.6 is 0 Å². The minimum Gasteiger partial charge on any atom is -0.484 e. The molecule has 1 aliphatic heterocycles. The third kappa shape index (κ3) is 4.81. The van der Waals surface area contributed by atoms with Gasteiger partial charge in [-0.15, -0.1) is 0 Å². The van der Waals surface area contributed by atoms with Crippen LogP contribution in [0, 0.1) is 0 Å². The van der Waals surface area contributed by atoms with Crippen molar-refractivity contribution < 1.29 is 22.5 Å². The molecule has 1 amide bonds. The SMILES string of the molecule is CS(=O)(=O)N(CCc1noc(C2CCC2)n1)C1CN(C(=O)COc2ccccc2)C1. The highest BCUT2D eigenvalue weighted by molar-refractivity contribution is 7.88. The van der Waals surface area contributed by atoms with Crippen LogP contribution in [0.2, 0.25) is 0 Å². The van der Waals surface area contributed by atoms with Gasteiger partial charge in [-0.3, -0.25) is 4.79 Å². The van der Waals surface area contributed by atoms with Crippen molar-refractivity contribution in [3.8, 4) is 5.75 Å². The van der Waals surface area contributed by atoms with Crippen LogP contribution in [0.5, 0.6) is 5.75 Å². The quantitative estimate of drug-likeness (QED) is 0.588. The number of hydrogen-bond donors (Lipinski definition) is 0. The van der Waals surface area contributed by atoms with E-state index < -0.39 is 10.0 Å². The van der Waals surface area contributed by atoms with E-state index in [1.54, 1.807) is 17.0 Å². The summed E-state index contributed by atoms with van der Waals surface area (Å²) in [6.07, 6.45) is 4.88. The number of nitrogens with zero attached hydrogens (tertiary/aromatic N) is 4. The summed E-state index contributed by atoms with van der Waals surface area (Å²) in [5, 5.41) is 3.98. The van der Waals surface area contributed by atoms with E-state index in [9.17, 15) is 13.2 Å². The number of carbonyl (C=O) groups is 1. The minimum absolute atomic E-state index is 0.0671. The van der Waals surface area contributed by atoms with Crippen molar-refractivity contribution >= 4 is 15.9 Å². The molecule has 0 bridgehead atoms. The zero-order valence-corrected chi connectivity index (χ0v) is 17.8. The van der Waals surface area contributed by atoms with E-state index >= 15 is 0 Å². The average Bonchev–Trinajstić information content (AvgIpc) is 3.08. The van der Waals surface area contributed by atoms with Gasteiger partial charge in [0.25, 0.3) is 5.91 Å². The molecule has 0 radical (unpaired) electrons. The number of benzene rings is 1. The maximum Gasteiger partial charge on any atom is 0.260 e. The lowest BCUT2D eigenvalue weighted by Gasteiger charge is -2.44. The van der Waals surface area contributed by atoms with Gasteiger partial charge in [0.2, 0.25) is 15.9 Å². The Bertz CT molecular complexity index is 968. The zero-order valence-electron chi connectivity index (χ0n) is 16.9. The number of ether oxygens (including phenoxy) is 1. The van der Waals surface area contributed by atoms with Gasteiger partial charge in [0.05, 0.1) is 12.3 Å². The molecule has 2 fully saturated rings. The van der Waals surface area contributed by atoms with Gasteiger partial charge in [0.1, 0.15) is 5.75 Å². The molecule has 4 rings (SSSR count). The molecule has 0 unspecified atom stereocenters. The number of amides is 1. The summed E-state index contributed by atoms with van der Waals surface area (Å²) in [6.45, 7) is 0.894. The van der Waals surface area contributed by atoms with E-state index in [1.807, 2.05) is 18.2 Å². The lowest BCUT2D eigenvalue weighted by Crippen LogP contribution is -2.63. The smallest absolute Gasteiger partial charge is 0.260 e. The Hall–Kier alpha value is -2.46. The first-order valence-electron chi connectivity index (χ1n) is 10.1. The molecular weight excluding hydrogens is 408 g/mol. The van der Waals surface area contributed by atoms with Gasteiger partial charge < -0.3 is 14.2 Å². The highest BCUT2D eigenvalue weighted by Crippen LogP contribution is 2.35. The van der Waals surface area contributed by atoms with Gasteiger partial charge in [0.15, 0.2) is 12.4 Å². The third-order valence-electron chi connectivity index (χ3n) is 5.65. The van der Waals surface area contributed by atoms with Crippen molar-refractivity contribution in [2.75, 3.05) is 32.5 Å². The van der Waals surface area contributed by atoms with Crippen LogP contribution in [0.25, 0.3) is 0 Å². The standard InChI is InChI=1S/C20H26N4O5S/c1-30(26,27)24(11-10-18-21-20(29-22-18)15-6-5-7-15)16-12-23(13-16)19(25)14-28-17-8-3-2-4-9-17/h2-4,8-9,15-16H,5-7,10-14H2,1H3. The molecule has 2 aliphatic rings. The van der Waals surface area contributed by atoms with Crippen molar-refractivity contribution in [2.45, 2.75) is 37.6 Å². The average molecular weight is 435 g/mol. The Morgan fingerprint density at radius 3 is 2.63 bits per heavy atom. The van der Waals surface area contributed by atoms with E-state index in [2.05, 4.69) is 10.1 Å². The number of aromatic nitrogens is 2. The Kier molecular flexibility index (Phi) is 6.05. The molecule has 0 N–H and O–H groups in total. The third-order valence-corrected chi connectivity index (χ3v) is 6.98. The molecule has 2 aromatic rings. The summed E-state index contributed by atoms with van der Waals surface area (Å²) in [5.74, 6) is 1.99. The van der Waals surface area contributed by atoms with E-state index in [4.69, 9.17) is 9.26 Å². The highest BCUT2D eigenvalue weighted by Gasteiger charge is 2.38. The predicted octanol–water partition coefficient (Wildman–Crippen LogP) is 1.43. The molecule has 162 valence electrons. The van der Waals surface area contributed by atoms with Crippen LogP contribution in [0.3, 0.4) is 0 Å². The van der Waals surface area contributed by atoms with Crippen molar-refractivity contribution in [3.63, 3.8) is 0 Å². The van der Waals surface area contributed by atoms with Crippen molar-refractivity contribution in [3.05, 3.63) is 42.0 Å². The molecule has 30 heavy (non-hydrogen) atoms. The fourth-order valence-corrected chi connectivity index (χ4v) is 4.71. The number of rotatable bonds is 9. The molecule has 2 heterocycles. The van der Waals surface area contributed by atoms with Crippen LogP contribution in [-0.4, -0.2) is 72.2 Å². The monoisotopic (exact) mass is 434 g/mol. The molecule has 0 spiro atoms. The van der Waals surface area contributed by atoms with Gasteiger partial charge >= 0.3 is 0 Å². The summed E-state index contributed by atoms with van der Waals surface area (Å²) in [5.41, 5.74) is 0. The molecule has 1 saturated heterocycles. The predicted molar refractivity (Wildman–Crippen MR) is 108 cm³/mol. The van der Waals surface area contributed by atoms with Crippen molar-refractivity contribution in [2.24, 2.45) is 0 Å². The second-order valence-corrected chi connectivity index (χ2v) is 9.79. The number of likely N-dealkylation sites (tertiary alicyclic amines) is 1. The van der Waals surface area contributed by atoms with E-state index in [1.165, 1.54) is 17.0 Å². The van der Waals surface area contributed by atoms with Gasteiger partial charge in [-0.2, -0.15) is 9.29 Å². The molecule has 9 nitrogen and oxygen atoms in total. The molecule has 1 aliphatic carbocycles. The fourth-order valence-electron chi connectivity index (χ4n) is 3.61. The van der Waals surface area contributed by atoms with Crippen molar-refractivity contribution in [1.82, 2.24) is 19.3 Å². The topological polar surface area (TPSA) is 106 Å². The Morgan fingerprint density at radius 1 is 1.27 bits per heavy atom. The molecule has 10 heteroatoms. The Morgan fingerprint density at radius 2 is 2.00 bits per heavy atom. The van der Waals surface area contributed by atoms with E-state index in [0.717, 1.165) is 12.8 Å². The number of sulfonamides is 1. The number of para-hydroxylation sites is 1. The van der Waals surface area contributed by atoms with E-state index in [0.29, 0.717) is 42.9 Å². The van der Waals surface area contributed by atoms with Crippen LogP contribution in [-0.2, 0) is 21.2 Å². The van der Waals surface area contributed by atoms with Gasteiger partial charge in [-0.05, 0) is 25.0 Å². The lowest BCUT2D eigenvalue weighted by atomic mass is 9.85. The first-order valence-corrected chi connectivity index (χ1v) is 12.0. The number of carbonyl (C=O) groups excluding carboxylic acids is 1. The van der Waals surface area contributed by atoms with Gasteiger partial charge in [-0.1, -0.05) is 29.8 Å². The van der Waals surface area contributed by atoms with Crippen molar-refractivity contribution in [1.29, 1.82) is 0 Å². The normalized spacial score (nSPS) is 17.6. The summed E-state index contributed by atoms with van der Waals surface area (Å²) >= 11 is 0. The minimum atomic E-state index is -3.42. The first-order chi connectivity index (χ1) is 14.4. The summed E-state index contributed by atoms with van der Waals surface area (Å²) in [7, 11) is -3.42. The highest BCUT2D eigenvalue weighted by atomic mass is 32.2. The first kappa shape index (κ1) is 20.8. The van der Waals surface area contributed by atoms with Crippen LogP contribution in [0.15, 0.2) is 34.9 Å². The second-order valence-electron chi connectivity index (χ2n) is 7.85. The number of hydrogen-bond acceptors (Lipinski definition) is 7. The van der Waals surface area contributed by atoms with E-state index in [-0.39, 0.29) is 25.1 Å². The van der Waals surface area contributed by atoms with Crippen LogP contribution in [0.1, 0.15) is 36.9 Å². The summed E-state index contributed by atoms with van der Waals surface area (Å²) in [4.78, 5) is 18.3. The maximum atomic E-state index is 12.3. The van der Waals surface area contributed by atoms with Gasteiger partial charge in [0, 0.05) is 32.0 Å². The largest absolute Gasteiger partial charge is 0.484 e. The fraction of sp³-hybridized carbons (Fsp3) is 0.550. The molecular formula is C20H26N4O5S. The molecule has 1 aromatic carbocycles. The maximum absolute atomic E-state index is 12.3. The second kappa shape index (κ2) is 8.73. The Labute approximate surface area is 176 Å². The van der Waals surface area contributed by atoms with Gasteiger partial charge in [-0.25, -0.2) is 8.42 Å². The molecule has 1 saturated carbocycles.